The van der Waals surface area contributed by atoms with E-state index in [2.05, 4.69) is 26.2 Å². The van der Waals surface area contributed by atoms with Crippen molar-refractivity contribution in [3.63, 3.8) is 0 Å². The highest BCUT2D eigenvalue weighted by atomic mass is 79.9. The lowest BCUT2D eigenvalue weighted by Gasteiger charge is -2.14. The van der Waals surface area contributed by atoms with E-state index in [1.165, 1.54) is 24.4 Å². The van der Waals surface area contributed by atoms with Gasteiger partial charge in [-0.15, -0.1) is 0 Å². The highest BCUT2D eigenvalue weighted by Gasteiger charge is 2.34. The van der Waals surface area contributed by atoms with Crippen LogP contribution in [0.4, 0.5) is 24.5 Å². The van der Waals surface area contributed by atoms with Crippen LogP contribution in [0, 0.1) is 0 Å². The van der Waals surface area contributed by atoms with Gasteiger partial charge in [0.25, 0.3) is 5.91 Å². The summed E-state index contributed by atoms with van der Waals surface area (Å²) in [5.41, 5.74) is 4.20. The SMILES string of the molecule is Nc1cccnc1C(=O)Nc1ccc(Br)cc1C(F)(F)F. The molecule has 1 heterocycles. The highest BCUT2D eigenvalue weighted by Crippen LogP contribution is 2.36. The minimum Gasteiger partial charge on any atom is -0.397 e. The monoisotopic (exact) mass is 359 g/mol. The van der Waals surface area contributed by atoms with E-state index in [0.29, 0.717) is 0 Å². The third-order valence-corrected chi connectivity index (χ3v) is 3.08. The van der Waals surface area contributed by atoms with Crippen molar-refractivity contribution in [1.82, 2.24) is 4.98 Å². The van der Waals surface area contributed by atoms with Crippen molar-refractivity contribution in [2.45, 2.75) is 6.18 Å². The van der Waals surface area contributed by atoms with E-state index < -0.39 is 17.6 Å². The van der Waals surface area contributed by atoms with Crippen LogP contribution in [0.3, 0.4) is 0 Å². The molecule has 0 spiro atoms. The quantitative estimate of drug-likeness (QED) is 0.858. The number of carbonyl (C=O) groups is 1. The Hall–Kier alpha value is -2.09. The van der Waals surface area contributed by atoms with Crippen molar-refractivity contribution in [3.05, 3.63) is 52.3 Å². The lowest BCUT2D eigenvalue weighted by Crippen LogP contribution is -2.19. The molecule has 0 aliphatic carbocycles. The number of benzene rings is 1. The summed E-state index contributed by atoms with van der Waals surface area (Å²) in [7, 11) is 0. The van der Waals surface area contributed by atoms with E-state index >= 15 is 0 Å². The number of rotatable bonds is 2. The zero-order valence-corrected chi connectivity index (χ0v) is 12.0. The van der Waals surface area contributed by atoms with E-state index in [-0.39, 0.29) is 21.5 Å². The summed E-state index contributed by atoms with van der Waals surface area (Å²) >= 11 is 2.97. The number of carbonyl (C=O) groups excluding carboxylic acids is 1. The Morgan fingerprint density at radius 2 is 2.00 bits per heavy atom. The first-order chi connectivity index (χ1) is 9.79. The smallest absolute Gasteiger partial charge is 0.397 e. The largest absolute Gasteiger partial charge is 0.418 e. The van der Waals surface area contributed by atoms with Crippen molar-refractivity contribution >= 4 is 33.2 Å². The standard InChI is InChI=1S/C13H9BrF3N3O/c14-7-3-4-10(8(6-7)13(15,16)17)20-12(21)11-9(18)2-1-5-19-11/h1-6H,18H2,(H,20,21). The molecular weight excluding hydrogens is 351 g/mol. The molecule has 1 aromatic heterocycles. The number of aromatic nitrogens is 1. The number of hydrogen-bond acceptors (Lipinski definition) is 3. The van der Waals surface area contributed by atoms with Gasteiger partial charge in [-0.2, -0.15) is 13.2 Å². The van der Waals surface area contributed by atoms with E-state index in [1.807, 2.05) is 0 Å². The summed E-state index contributed by atoms with van der Waals surface area (Å²) in [6, 6.07) is 6.40. The minimum atomic E-state index is -4.60. The first kappa shape index (κ1) is 15.3. The van der Waals surface area contributed by atoms with Crippen LogP contribution in [0.1, 0.15) is 16.1 Å². The van der Waals surface area contributed by atoms with Crippen LogP contribution >= 0.6 is 15.9 Å². The lowest BCUT2D eigenvalue weighted by molar-refractivity contribution is -0.136. The second-order valence-electron chi connectivity index (χ2n) is 4.08. The molecule has 0 saturated carbocycles. The normalized spacial score (nSPS) is 11.2. The number of hydrogen-bond donors (Lipinski definition) is 2. The number of nitrogens with two attached hydrogens (primary N) is 1. The average molecular weight is 360 g/mol. The van der Waals surface area contributed by atoms with Gasteiger partial charge in [0.15, 0.2) is 5.69 Å². The topological polar surface area (TPSA) is 68.0 Å². The summed E-state index contributed by atoms with van der Waals surface area (Å²) in [5.74, 6) is -0.805. The van der Waals surface area contributed by atoms with Crippen molar-refractivity contribution in [2.24, 2.45) is 0 Å². The Bertz CT molecular complexity index is 689. The van der Waals surface area contributed by atoms with Crippen LogP contribution in [-0.2, 0) is 6.18 Å². The molecule has 3 N–H and O–H groups in total. The number of nitrogens with zero attached hydrogens (tertiary/aromatic N) is 1. The van der Waals surface area contributed by atoms with Gasteiger partial charge >= 0.3 is 6.18 Å². The number of pyridine rings is 1. The Kier molecular flexibility index (Phi) is 4.17. The highest BCUT2D eigenvalue weighted by molar-refractivity contribution is 9.10. The predicted molar refractivity (Wildman–Crippen MR) is 75.7 cm³/mol. The summed E-state index contributed by atoms with van der Waals surface area (Å²) < 4.78 is 39.1. The number of halogens is 4. The van der Waals surface area contributed by atoms with Gasteiger partial charge in [0.2, 0.25) is 0 Å². The molecule has 0 atom stereocenters. The Morgan fingerprint density at radius 1 is 1.29 bits per heavy atom. The molecule has 21 heavy (non-hydrogen) atoms. The molecule has 0 saturated heterocycles. The fourth-order valence-corrected chi connectivity index (χ4v) is 2.01. The van der Waals surface area contributed by atoms with Gasteiger partial charge < -0.3 is 11.1 Å². The fraction of sp³-hybridized carbons (Fsp3) is 0.0769. The summed E-state index contributed by atoms with van der Waals surface area (Å²) in [5, 5.41) is 2.18. The maximum absolute atomic E-state index is 12.9. The van der Waals surface area contributed by atoms with Gasteiger partial charge in [-0.3, -0.25) is 4.79 Å². The maximum Gasteiger partial charge on any atom is 0.418 e. The third-order valence-electron chi connectivity index (χ3n) is 2.59. The number of nitrogen functional groups attached to an aromatic ring is 1. The first-order valence-electron chi connectivity index (χ1n) is 5.67. The molecule has 0 fully saturated rings. The summed E-state index contributed by atoms with van der Waals surface area (Å²) in [6.45, 7) is 0. The van der Waals surface area contributed by atoms with Gasteiger partial charge in [0.05, 0.1) is 16.9 Å². The zero-order valence-electron chi connectivity index (χ0n) is 10.4. The Morgan fingerprint density at radius 3 is 2.62 bits per heavy atom. The summed E-state index contributed by atoms with van der Waals surface area (Å²) in [6.07, 6.45) is -3.26. The molecule has 2 rings (SSSR count). The second-order valence-corrected chi connectivity index (χ2v) is 5.00. The van der Waals surface area contributed by atoms with Crippen molar-refractivity contribution in [3.8, 4) is 0 Å². The molecule has 110 valence electrons. The van der Waals surface area contributed by atoms with E-state index in [4.69, 9.17) is 5.73 Å². The molecule has 0 bridgehead atoms. The third kappa shape index (κ3) is 3.52. The maximum atomic E-state index is 12.9. The molecular formula is C13H9BrF3N3O. The zero-order chi connectivity index (χ0) is 15.6. The molecule has 0 unspecified atom stereocenters. The van der Waals surface area contributed by atoms with Crippen LogP contribution < -0.4 is 11.1 Å². The molecule has 1 amide bonds. The van der Waals surface area contributed by atoms with Gasteiger partial charge in [-0.1, -0.05) is 15.9 Å². The second kappa shape index (κ2) is 5.72. The molecule has 0 aliphatic rings. The van der Waals surface area contributed by atoms with Crippen molar-refractivity contribution < 1.29 is 18.0 Å². The van der Waals surface area contributed by atoms with E-state index in [9.17, 15) is 18.0 Å². The molecule has 0 radical (unpaired) electrons. The van der Waals surface area contributed by atoms with Crippen LogP contribution in [0.15, 0.2) is 41.0 Å². The molecule has 8 heteroatoms. The van der Waals surface area contributed by atoms with Crippen LogP contribution in [0.2, 0.25) is 0 Å². The van der Waals surface area contributed by atoms with Crippen LogP contribution in [0.25, 0.3) is 0 Å². The fourth-order valence-electron chi connectivity index (χ4n) is 1.65. The average Bonchev–Trinajstić information content (AvgIpc) is 2.40. The van der Waals surface area contributed by atoms with E-state index in [0.717, 1.165) is 12.1 Å². The Balaban J connectivity index is 2.36. The lowest BCUT2D eigenvalue weighted by atomic mass is 10.1. The number of alkyl halides is 3. The molecule has 4 nitrogen and oxygen atoms in total. The molecule has 0 aliphatic heterocycles. The number of nitrogens with one attached hydrogen (secondary N) is 1. The van der Waals surface area contributed by atoms with Gasteiger partial charge in [0, 0.05) is 10.7 Å². The van der Waals surface area contributed by atoms with Gasteiger partial charge in [-0.05, 0) is 30.3 Å². The van der Waals surface area contributed by atoms with Crippen molar-refractivity contribution in [1.29, 1.82) is 0 Å². The summed E-state index contributed by atoms with van der Waals surface area (Å²) in [4.78, 5) is 15.7. The molecule has 2 aromatic rings. The Labute approximate surface area is 126 Å². The minimum absolute atomic E-state index is 0.0840. The van der Waals surface area contributed by atoms with Gasteiger partial charge in [-0.25, -0.2) is 4.98 Å². The van der Waals surface area contributed by atoms with E-state index in [1.54, 1.807) is 0 Å². The van der Waals surface area contributed by atoms with Crippen molar-refractivity contribution in [2.75, 3.05) is 11.1 Å². The predicted octanol–water partition coefficient (Wildman–Crippen LogP) is 3.70. The van der Waals surface area contributed by atoms with Crippen LogP contribution in [0.5, 0.6) is 0 Å². The molecule has 1 aromatic carbocycles. The van der Waals surface area contributed by atoms with Crippen LogP contribution in [-0.4, -0.2) is 10.9 Å². The van der Waals surface area contributed by atoms with Gasteiger partial charge in [0.1, 0.15) is 0 Å². The first-order valence-corrected chi connectivity index (χ1v) is 6.47. The number of anilines is 2. The number of amides is 1.